The van der Waals surface area contributed by atoms with E-state index in [-0.39, 0.29) is 5.54 Å². The first-order valence-corrected chi connectivity index (χ1v) is 6.32. The molecular formula is C14H22N2O. The smallest absolute Gasteiger partial charge is 0.0754 e. The van der Waals surface area contributed by atoms with Gasteiger partial charge >= 0.3 is 0 Å². The van der Waals surface area contributed by atoms with Crippen molar-refractivity contribution in [2.45, 2.75) is 25.3 Å². The van der Waals surface area contributed by atoms with E-state index in [4.69, 9.17) is 10.5 Å². The van der Waals surface area contributed by atoms with Gasteiger partial charge in [-0.15, -0.1) is 0 Å². The van der Waals surface area contributed by atoms with Crippen molar-refractivity contribution >= 4 is 5.69 Å². The molecule has 2 N–H and O–H groups in total. The molecule has 0 spiro atoms. The van der Waals surface area contributed by atoms with Crippen molar-refractivity contribution in [1.29, 1.82) is 0 Å². The molecule has 17 heavy (non-hydrogen) atoms. The Hall–Kier alpha value is -1.06. The van der Waals surface area contributed by atoms with Gasteiger partial charge in [-0.1, -0.05) is 25.1 Å². The lowest BCUT2D eigenvalue weighted by atomic mass is 9.94. The van der Waals surface area contributed by atoms with Crippen LogP contribution in [0.2, 0.25) is 0 Å². The molecule has 3 heteroatoms. The fourth-order valence-corrected chi connectivity index (χ4v) is 2.78. The molecule has 0 saturated heterocycles. The number of rotatable bonds is 5. The first kappa shape index (κ1) is 12.4. The number of benzene rings is 1. The molecule has 0 fully saturated rings. The zero-order valence-electron chi connectivity index (χ0n) is 10.8. The molecule has 1 atom stereocenters. The molecule has 1 aromatic carbocycles. The monoisotopic (exact) mass is 234 g/mol. The van der Waals surface area contributed by atoms with Crippen LogP contribution < -0.4 is 10.6 Å². The van der Waals surface area contributed by atoms with Gasteiger partial charge in [-0.3, -0.25) is 0 Å². The molecule has 0 saturated carbocycles. The summed E-state index contributed by atoms with van der Waals surface area (Å²) in [7, 11) is 1.75. The fourth-order valence-electron chi connectivity index (χ4n) is 2.78. The van der Waals surface area contributed by atoms with Crippen LogP contribution in [0.4, 0.5) is 5.69 Å². The Labute approximate surface area is 104 Å². The summed E-state index contributed by atoms with van der Waals surface area (Å²) in [6, 6.07) is 8.60. The summed E-state index contributed by atoms with van der Waals surface area (Å²) in [5.41, 5.74) is 8.72. The quantitative estimate of drug-likeness (QED) is 0.844. The molecule has 0 aromatic heterocycles. The number of ether oxygens (including phenoxy) is 1. The van der Waals surface area contributed by atoms with Gasteiger partial charge in [-0.25, -0.2) is 0 Å². The van der Waals surface area contributed by atoms with Crippen molar-refractivity contribution < 1.29 is 4.74 Å². The van der Waals surface area contributed by atoms with Crippen LogP contribution in [-0.2, 0) is 11.2 Å². The highest BCUT2D eigenvalue weighted by molar-refractivity contribution is 5.60. The number of para-hydroxylation sites is 1. The minimum Gasteiger partial charge on any atom is -0.382 e. The van der Waals surface area contributed by atoms with Crippen LogP contribution in [0.5, 0.6) is 0 Å². The summed E-state index contributed by atoms with van der Waals surface area (Å²) in [5, 5.41) is 0. The molecule has 1 aromatic rings. The number of nitrogens with zero attached hydrogens (tertiary/aromatic N) is 1. The van der Waals surface area contributed by atoms with E-state index in [2.05, 4.69) is 36.1 Å². The van der Waals surface area contributed by atoms with Crippen LogP contribution in [0.15, 0.2) is 24.3 Å². The fraction of sp³-hybridized carbons (Fsp3) is 0.571. The van der Waals surface area contributed by atoms with E-state index in [0.29, 0.717) is 13.2 Å². The Morgan fingerprint density at radius 1 is 1.41 bits per heavy atom. The van der Waals surface area contributed by atoms with E-state index in [1.54, 1.807) is 7.11 Å². The van der Waals surface area contributed by atoms with Gasteiger partial charge in [-0.2, -0.15) is 0 Å². The molecule has 0 amide bonds. The molecule has 1 aliphatic rings. The third-order valence-corrected chi connectivity index (χ3v) is 3.91. The zero-order valence-corrected chi connectivity index (χ0v) is 10.8. The standard InChI is InChI=1S/C14H22N2O/c1-3-14(10-15,11-17-2)16-9-8-12-6-4-5-7-13(12)16/h4-7H,3,8-11,15H2,1-2H3. The highest BCUT2D eigenvalue weighted by Gasteiger charge is 2.37. The maximum atomic E-state index is 6.02. The third-order valence-electron chi connectivity index (χ3n) is 3.91. The van der Waals surface area contributed by atoms with Gasteiger partial charge in [0.15, 0.2) is 0 Å². The number of hydrogen-bond donors (Lipinski definition) is 1. The second-order valence-corrected chi connectivity index (χ2v) is 4.75. The summed E-state index contributed by atoms with van der Waals surface area (Å²) < 4.78 is 5.39. The SMILES string of the molecule is CCC(CN)(COC)N1CCc2ccccc21. The Bertz CT molecular complexity index is 374. The number of fused-ring (bicyclic) bond motifs is 1. The van der Waals surface area contributed by atoms with Gasteiger partial charge in [0.05, 0.1) is 12.1 Å². The van der Waals surface area contributed by atoms with E-state index in [1.165, 1.54) is 11.3 Å². The minimum absolute atomic E-state index is 0.0542. The maximum absolute atomic E-state index is 6.02. The van der Waals surface area contributed by atoms with Crippen LogP contribution in [0.3, 0.4) is 0 Å². The van der Waals surface area contributed by atoms with Crippen molar-refractivity contribution in [3.63, 3.8) is 0 Å². The summed E-state index contributed by atoms with van der Waals surface area (Å²) in [6.45, 7) is 4.56. The van der Waals surface area contributed by atoms with Crippen LogP contribution in [0.25, 0.3) is 0 Å². The van der Waals surface area contributed by atoms with Gasteiger partial charge in [0, 0.05) is 25.9 Å². The van der Waals surface area contributed by atoms with E-state index in [1.807, 2.05) is 0 Å². The van der Waals surface area contributed by atoms with Crippen LogP contribution >= 0.6 is 0 Å². The van der Waals surface area contributed by atoms with Crippen molar-refractivity contribution in [3.8, 4) is 0 Å². The van der Waals surface area contributed by atoms with Gasteiger partial charge in [0.1, 0.15) is 0 Å². The zero-order chi connectivity index (χ0) is 12.3. The number of methoxy groups -OCH3 is 1. The van der Waals surface area contributed by atoms with Gasteiger partial charge in [0.25, 0.3) is 0 Å². The van der Waals surface area contributed by atoms with Crippen LogP contribution in [0, 0.1) is 0 Å². The maximum Gasteiger partial charge on any atom is 0.0754 e. The second-order valence-electron chi connectivity index (χ2n) is 4.75. The lowest BCUT2D eigenvalue weighted by Gasteiger charge is -2.42. The molecule has 0 bridgehead atoms. The van der Waals surface area contributed by atoms with Gasteiger partial charge < -0.3 is 15.4 Å². The minimum atomic E-state index is -0.0542. The first-order chi connectivity index (χ1) is 8.27. The predicted molar refractivity (Wildman–Crippen MR) is 71.4 cm³/mol. The molecule has 3 nitrogen and oxygen atoms in total. The third kappa shape index (κ3) is 2.05. The molecule has 94 valence electrons. The van der Waals surface area contributed by atoms with Crippen LogP contribution in [-0.4, -0.2) is 32.3 Å². The largest absolute Gasteiger partial charge is 0.382 e. The Morgan fingerprint density at radius 3 is 2.82 bits per heavy atom. The Balaban J connectivity index is 2.33. The predicted octanol–water partition coefficient (Wildman–Crippen LogP) is 1.80. The lowest BCUT2D eigenvalue weighted by molar-refractivity contribution is 0.128. The topological polar surface area (TPSA) is 38.5 Å². The summed E-state index contributed by atoms with van der Waals surface area (Å²) in [5.74, 6) is 0. The van der Waals surface area contributed by atoms with Gasteiger partial charge in [0.2, 0.25) is 0 Å². The van der Waals surface area contributed by atoms with Crippen molar-refractivity contribution in [3.05, 3.63) is 29.8 Å². The first-order valence-electron chi connectivity index (χ1n) is 6.32. The summed E-state index contributed by atoms with van der Waals surface area (Å²) in [4.78, 5) is 2.44. The van der Waals surface area contributed by atoms with E-state index >= 15 is 0 Å². The number of nitrogens with two attached hydrogens (primary N) is 1. The van der Waals surface area contributed by atoms with Crippen molar-refractivity contribution in [2.75, 3.05) is 31.7 Å². The number of anilines is 1. The summed E-state index contributed by atoms with van der Waals surface area (Å²) in [6.07, 6.45) is 2.12. The average Bonchev–Trinajstić information content (AvgIpc) is 2.81. The summed E-state index contributed by atoms with van der Waals surface area (Å²) >= 11 is 0. The number of hydrogen-bond acceptors (Lipinski definition) is 3. The van der Waals surface area contributed by atoms with Gasteiger partial charge in [-0.05, 0) is 24.5 Å². The molecule has 1 unspecified atom stereocenters. The molecule has 1 heterocycles. The van der Waals surface area contributed by atoms with Crippen LogP contribution in [0.1, 0.15) is 18.9 Å². The highest BCUT2D eigenvalue weighted by atomic mass is 16.5. The second kappa shape index (κ2) is 5.07. The Morgan fingerprint density at radius 2 is 2.18 bits per heavy atom. The molecular weight excluding hydrogens is 212 g/mol. The molecule has 2 rings (SSSR count). The lowest BCUT2D eigenvalue weighted by Crippen LogP contribution is -2.56. The molecule has 0 aliphatic carbocycles. The van der Waals surface area contributed by atoms with E-state index in [0.717, 1.165) is 19.4 Å². The highest BCUT2D eigenvalue weighted by Crippen LogP contribution is 2.34. The Kier molecular flexibility index (Phi) is 3.69. The molecule has 0 radical (unpaired) electrons. The van der Waals surface area contributed by atoms with Crippen molar-refractivity contribution in [2.24, 2.45) is 5.73 Å². The normalized spacial score (nSPS) is 17.9. The average molecular weight is 234 g/mol. The van der Waals surface area contributed by atoms with E-state index < -0.39 is 0 Å². The van der Waals surface area contributed by atoms with Crippen molar-refractivity contribution in [1.82, 2.24) is 0 Å². The van der Waals surface area contributed by atoms with E-state index in [9.17, 15) is 0 Å². The molecule has 1 aliphatic heterocycles.